The summed E-state index contributed by atoms with van der Waals surface area (Å²) in [6.07, 6.45) is 0. The summed E-state index contributed by atoms with van der Waals surface area (Å²) in [6, 6.07) is 22.0. The quantitative estimate of drug-likeness (QED) is 0.522. The Balaban J connectivity index is 1.37. The second kappa shape index (κ2) is 10.6. The minimum absolute atomic E-state index is 0.0341. The highest BCUT2D eigenvalue weighted by molar-refractivity contribution is 5.95. The predicted octanol–water partition coefficient (Wildman–Crippen LogP) is 4.35. The number of aryl methyl sites for hydroxylation is 1. The van der Waals surface area contributed by atoms with Crippen molar-refractivity contribution < 1.29 is 18.7 Å². The van der Waals surface area contributed by atoms with Gasteiger partial charge in [0.25, 0.3) is 5.91 Å². The van der Waals surface area contributed by atoms with E-state index in [-0.39, 0.29) is 29.8 Å². The zero-order valence-electron chi connectivity index (χ0n) is 21.3. The van der Waals surface area contributed by atoms with Gasteiger partial charge in [0.1, 0.15) is 11.6 Å². The van der Waals surface area contributed by atoms with Crippen LogP contribution in [0.15, 0.2) is 72.8 Å². The lowest BCUT2D eigenvalue weighted by Gasteiger charge is -2.38. The summed E-state index contributed by atoms with van der Waals surface area (Å²) in [7, 11) is 1.61. The molecule has 192 valence electrons. The van der Waals surface area contributed by atoms with Crippen molar-refractivity contribution in [3.8, 4) is 5.75 Å². The van der Waals surface area contributed by atoms with Gasteiger partial charge in [-0.2, -0.15) is 0 Å². The number of hydrogen-bond acceptors (Lipinski definition) is 4. The van der Waals surface area contributed by atoms with Crippen LogP contribution in [0.25, 0.3) is 0 Å². The summed E-state index contributed by atoms with van der Waals surface area (Å²) in [5, 5.41) is 0. The predicted molar refractivity (Wildman–Crippen MR) is 142 cm³/mol. The van der Waals surface area contributed by atoms with Crippen LogP contribution in [0.5, 0.6) is 5.75 Å². The Kier molecular flexibility index (Phi) is 7.12. The van der Waals surface area contributed by atoms with Crippen LogP contribution in [0.4, 0.5) is 10.1 Å². The number of likely N-dealkylation sites (tertiary alicyclic amines) is 1. The lowest BCUT2D eigenvalue weighted by molar-refractivity contribution is -0.135. The standard InChI is InChI=1S/C30H32FN3O3/c1-21-8-3-6-13-28(21)32-14-16-33(17-15-32)30(36)26-20-34(29(35)24-11-4-5-12-27(24)31)19-25(26)22-9-7-10-23(18-22)37-2/h3-13,18,25-26H,14-17,19-20H2,1-2H3. The maximum Gasteiger partial charge on any atom is 0.256 e. The van der Waals surface area contributed by atoms with Crippen LogP contribution in [0.2, 0.25) is 0 Å². The monoisotopic (exact) mass is 501 g/mol. The molecular formula is C30H32FN3O3. The van der Waals surface area contributed by atoms with Crippen LogP contribution < -0.4 is 9.64 Å². The Morgan fingerprint density at radius 3 is 2.32 bits per heavy atom. The van der Waals surface area contributed by atoms with E-state index in [0.717, 1.165) is 18.7 Å². The molecular weight excluding hydrogens is 469 g/mol. The summed E-state index contributed by atoms with van der Waals surface area (Å²) in [5.74, 6) is -0.797. The molecule has 2 heterocycles. The Morgan fingerprint density at radius 2 is 1.59 bits per heavy atom. The highest BCUT2D eigenvalue weighted by Gasteiger charge is 2.43. The van der Waals surface area contributed by atoms with Gasteiger partial charge in [-0.05, 0) is 48.4 Å². The van der Waals surface area contributed by atoms with Gasteiger partial charge in [-0.1, -0.05) is 42.5 Å². The maximum absolute atomic E-state index is 14.4. The van der Waals surface area contributed by atoms with Gasteiger partial charge in [0.05, 0.1) is 18.6 Å². The lowest BCUT2D eigenvalue weighted by atomic mass is 9.87. The van der Waals surface area contributed by atoms with E-state index in [0.29, 0.717) is 25.4 Å². The van der Waals surface area contributed by atoms with E-state index < -0.39 is 11.7 Å². The first-order valence-electron chi connectivity index (χ1n) is 12.7. The Morgan fingerprint density at radius 1 is 0.865 bits per heavy atom. The van der Waals surface area contributed by atoms with Gasteiger partial charge in [0.15, 0.2) is 0 Å². The Bertz CT molecular complexity index is 1290. The molecule has 5 rings (SSSR count). The molecule has 0 aromatic heterocycles. The van der Waals surface area contributed by atoms with Gasteiger partial charge in [0.2, 0.25) is 5.91 Å². The van der Waals surface area contributed by atoms with Gasteiger partial charge < -0.3 is 19.4 Å². The minimum atomic E-state index is -0.549. The number of carbonyl (C=O) groups is 2. The number of halogens is 1. The van der Waals surface area contributed by atoms with Crippen molar-refractivity contribution in [1.29, 1.82) is 0 Å². The van der Waals surface area contributed by atoms with Crippen molar-refractivity contribution in [1.82, 2.24) is 9.80 Å². The molecule has 7 heteroatoms. The maximum atomic E-state index is 14.4. The highest BCUT2D eigenvalue weighted by atomic mass is 19.1. The van der Waals surface area contributed by atoms with E-state index in [1.54, 1.807) is 24.1 Å². The Hall–Kier alpha value is -3.87. The molecule has 2 atom stereocenters. The van der Waals surface area contributed by atoms with Crippen LogP contribution in [-0.2, 0) is 4.79 Å². The molecule has 2 aliphatic rings. The topological polar surface area (TPSA) is 53.1 Å². The smallest absolute Gasteiger partial charge is 0.256 e. The number of para-hydroxylation sites is 1. The summed E-state index contributed by atoms with van der Waals surface area (Å²) in [5.41, 5.74) is 3.40. The van der Waals surface area contributed by atoms with Crippen LogP contribution in [0, 0.1) is 18.7 Å². The first-order chi connectivity index (χ1) is 18.0. The van der Waals surface area contributed by atoms with Gasteiger partial charge in [-0.3, -0.25) is 9.59 Å². The fourth-order valence-electron chi connectivity index (χ4n) is 5.56. The van der Waals surface area contributed by atoms with Crippen molar-refractivity contribution in [3.05, 3.63) is 95.3 Å². The van der Waals surface area contributed by atoms with E-state index in [1.165, 1.54) is 23.4 Å². The molecule has 0 saturated carbocycles. The van der Waals surface area contributed by atoms with Gasteiger partial charge in [-0.25, -0.2) is 4.39 Å². The van der Waals surface area contributed by atoms with Crippen molar-refractivity contribution in [3.63, 3.8) is 0 Å². The number of piperazine rings is 1. The van der Waals surface area contributed by atoms with Crippen molar-refractivity contribution in [2.45, 2.75) is 12.8 Å². The average Bonchev–Trinajstić information content (AvgIpc) is 3.39. The minimum Gasteiger partial charge on any atom is -0.497 e. The van der Waals surface area contributed by atoms with Crippen LogP contribution in [0.1, 0.15) is 27.4 Å². The SMILES string of the molecule is COc1cccc(C2CN(C(=O)c3ccccc3F)CC2C(=O)N2CCN(c3ccccc3C)CC2)c1. The first kappa shape index (κ1) is 24.8. The molecule has 0 aliphatic carbocycles. The summed E-state index contributed by atoms with van der Waals surface area (Å²) in [6.45, 7) is 5.46. The number of hydrogen-bond donors (Lipinski definition) is 0. The van der Waals surface area contributed by atoms with Crippen LogP contribution in [-0.4, -0.2) is 68.0 Å². The second-order valence-corrected chi connectivity index (χ2v) is 9.78. The molecule has 2 saturated heterocycles. The van der Waals surface area contributed by atoms with Crippen LogP contribution in [0.3, 0.4) is 0 Å². The zero-order valence-corrected chi connectivity index (χ0v) is 21.3. The summed E-state index contributed by atoms with van der Waals surface area (Å²) in [4.78, 5) is 33.0. The number of anilines is 1. The Labute approximate surface area is 217 Å². The molecule has 0 N–H and O–H groups in total. The molecule has 0 spiro atoms. The van der Waals surface area contributed by atoms with E-state index in [4.69, 9.17) is 4.74 Å². The first-order valence-corrected chi connectivity index (χ1v) is 12.7. The number of benzene rings is 3. The third-order valence-corrected chi connectivity index (χ3v) is 7.60. The molecule has 37 heavy (non-hydrogen) atoms. The molecule has 2 fully saturated rings. The number of ether oxygens (including phenoxy) is 1. The highest BCUT2D eigenvalue weighted by Crippen LogP contribution is 2.36. The number of carbonyl (C=O) groups excluding carboxylic acids is 2. The number of amides is 2. The number of nitrogens with zero attached hydrogens (tertiary/aromatic N) is 3. The second-order valence-electron chi connectivity index (χ2n) is 9.78. The molecule has 2 unspecified atom stereocenters. The summed E-state index contributed by atoms with van der Waals surface area (Å²) < 4.78 is 19.8. The third-order valence-electron chi connectivity index (χ3n) is 7.60. The molecule has 3 aromatic carbocycles. The third kappa shape index (κ3) is 5.03. The number of rotatable bonds is 5. The van der Waals surface area contributed by atoms with Gasteiger partial charge >= 0.3 is 0 Å². The van der Waals surface area contributed by atoms with E-state index in [9.17, 15) is 14.0 Å². The fourth-order valence-corrected chi connectivity index (χ4v) is 5.56. The van der Waals surface area contributed by atoms with E-state index in [2.05, 4.69) is 24.0 Å². The molecule has 3 aromatic rings. The van der Waals surface area contributed by atoms with Crippen molar-refractivity contribution in [2.24, 2.45) is 5.92 Å². The van der Waals surface area contributed by atoms with E-state index in [1.807, 2.05) is 41.3 Å². The lowest BCUT2D eigenvalue weighted by Crippen LogP contribution is -2.51. The normalized spacial score (nSPS) is 19.7. The largest absolute Gasteiger partial charge is 0.497 e. The molecule has 2 amide bonds. The summed E-state index contributed by atoms with van der Waals surface area (Å²) >= 11 is 0. The molecule has 0 bridgehead atoms. The zero-order chi connectivity index (χ0) is 25.9. The van der Waals surface area contributed by atoms with Gasteiger partial charge in [-0.15, -0.1) is 0 Å². The van der Waals surface area contributed by atoms with Crippen molar-refractivity contribution in [2.75, 3.05) is 51.3 Å². The molecule has 0 radical (unpaired) electrons. The fraction of sp³-hybridized carbons (Fsp3) is 0.333. The molecule has 2 aliphatic heterocycles. The van der Waals surface area contributed by atoms with E-state index >= 15 is 0 Å². The average molecular weight is 502 g/mol. The number of methoxy groups -OCH3 is 1. The van der Waals surface area contributed by atoms with Crippen LogP contribution >= 0.6 is 0 Å². The van der Waals surface area contributed by atoms with Crippen molar-refractivity contribution >= 4 is 17.5 Å². The molecule has 6 nitrogen and oxygen atoms in total. The van der Waals surface area contributed by atoms with Gasteiger partial charge in [0, 0.05) is 50.9 Å².